The van der Waals surface area contributed by atoms with Crippen molar-refractivity contribution in [3.05, 3.63) is 83.8 Å². The summed E-state index contributed by atoms with van der Waals surface area (Å²) in [6, 6.07) is 17.0. The maximum absolute atomic E-state index is 12.0. The fourth-order valence-corrected chi connectivity index (χ4v) is 4.47. The number of ether oxygens (including phenoxy) is 2. The number of nitrogens with zero attached hydrogens (tertiary/aromatic N) is 2. The predicted octanol–water partition coefficient (Wildman–Crippen LogP) is 6.23. The van der Waals surface area contributed by atoms with E-state index in [1.54, 1.807) is 12.5 Å². The lowest BCUT2D eigenvalue weighted by Gasteiger charge is -2.37. The Kier molecular flexibility index (Phi) is 7.47. The highest BCUT2D eigenvalue weighted by molar-refractivity contribution is 5.89. The van der Waals surface area contributed by atoms with Crippen LogP contribution in [0.2, 0.25) is 0 Å². The summed E-state index contributed by atoms with van der Waals surface area (Å²) < 4.78 is 11.8. The molecule has 0 unspecified atom stereocenters. The highest BCUT2D eigenvalue weighted by Gasteiger charge is 2.31. The summed E-state index contributed by atoms with van der Waals surface area (Å²) in [4.78, 5) is 29.2. The molecule has 1 aliphatic heterocycles. The molecule has 2 N–H and O–H groups in total. The van der Waals surface area contributed by atoms with E-state index in [9.17, 15) is 14.7 Å². The molecule has 8 nitrogen and oxygen atoms in total. The molecule has 1 aromatic heterocycles. The van der Waals surface area contributed by atoms with Crippen molar-refractivity contribution in [3.63, 3.8) is 0 Å². The van der Waals surface area contributed by atoms with Gasteiger partial charge in [-0.2, -0.15) is 0 Å². The molecule has 8 heteroatoms. The third-order valence-electron chi connectivity index (χ3n) is 6.17. The van der Waals surface area contributed by atoms with Crippen LogP contribution in [0.4, 0.5) is 10.6 Å². The second kappa shape index (κ2) is 10.7. The first-order chi connectivity index (χ1) is 17.6. The number of nitrogens with one attached hydrogen (secondary N) is 1. The lowest BCUT2D eigenvalue weighted by molar-refractivity contribution is -0.114. The lowest BCUT2D eigenvalue weighted by Crippen LogP contribution is -2.46. The van der Waals surface area contributed by atoms with E-state index in [0.29, 0.717) is 36.9 Å². The van der Waals surface area contributed by atoms with E-state index in [4.69, 9.17) is 9.47 Å². The van der Waals surface area contributed by atoms with E-state index in [0.717, 1.165) is 27.8 Å². The monoisotopic (exact) mass is 501 g/mol. The van der Waals surface area contributed by atoms with Crippen LogP contribution in [0.25, 0.3) is 11.1 Å². The second-order valence-electron chi connectivity index (χ2n) is 9.78. The van der Waals surface area contributed by atoms with Crippen molar-refractivity contribution in [2.45, 2.75) is 52.8 Å². The summed E-state index contributed by atoms with van der Waals surface area (Å²) in [5, 5.41) is 12.6. The zero-order valence-corrected chi connectivity index (χ0v) is 21.4. The Morgan fingerprint density at radius 1 is 1.14 bits per heavy atom. The second-order valence-corrected chi connectivity index (χ2v) is 9.78. The number of rotatable bonds is 8. The van der Waals surface area contributed by atoms with Crippen molar-refractivity contribution < 1.29 is 24.2 Å². The molecule has 0 radical (unpaired) electrons. The molecular formula is C29H31N3O5. The predicted molar refractivity (Wildman–Crippen MR) is 141 cm³/mol. The Morgan fingerprint density at radius 3 is 2.59 bits per heavy atom. The van der Waals surface area contributed by atoms with E-state index in [-0.39, 0.29) is 5.91 Å². The molecule has 0 fully saturated rings. The molecule has 0 atom stereocenters. The molecule has 2 heterocycles. The zero-order valence-electron chi connectivity index (χ0n) is 21.4. The van der Waals surface area contributed by atoms with Crippen LogP contribution in [0, 0.1) is 0 Å². The summed E-state index contributed by atoms with van der Waals surface area (Å²) >= 11 is 0. The van der Waals surface area contributed by atoms with Gasteiger partial charge >= 0.3 is 6.09 Å². The standard InChI is InChI=1S/C29H31N3O5/c1-19(14-29(3,4)32(28(34)35)16-21-8-6-5-7-9-21)17-36-23-10-11-24-25-13-27(31-20(2)33)30-15-22(25)18-37-26(24)12-23/h5-13,15,17H,14,16,18H2,1-4H3,(H,34,35)(H,30,31,33). The first-order valence-electron chi connectivity index (χ1n) is 12.0. The van der Waals surface area contributed by atoms with Crippen LogP contribution in [0.15, 0.2) is 72.6 Å². The molecular weight excluding hydrogens is 470 g/mol. The number of pyridine rings is 1. The average Bonchev–Trinajstić information content (AvgIpc) is 2.85. The van der Waals surface area contributed by atoms with Gasteiger partial charge in [0.2, 0.25) is 5.91 Å². The number of aromatic nitrogens is 1. The summed E-state index contributed by atoms with van der Waals surface area (Å²) in [7, 11) is 0. The molecule has 192 valence electrons. The van der Waals surface area contributed by atoms with Crippen molar-refractivity contribution in [2.24, 2.45) is 0 Å². The highest BCUT2D eigenvalue weighted by atomic mass is 16.5. The van der Waals surface area contributed by atoms with Crippen molar-refractivity contribution in [1.29, 1.82) is 0 Å². The van der Waals surface area contributed by atoms with Gasteiger partial charge in [0.15, 0.2) is 0 Å². The van der Waals surface area contributed by atoms with Crippen LogP contribution >= 0.6 is 0 Å². The number of fused-ring (bicyclic) bond motifs is 3. The molecule has 0 saturated heterocycles. The largest absolute Gasteiger partial charge is 0.488 e. The van der Waals surface area contributed by atoms with Gasteiger partial charge in [0, 0.05) is 42.4 Å². The summed E-state index contributed by atoms with van der Waals surface area (Å²) in [6.07, 6.45) is 2.90. The molecule has 2 aromatic carbocycles. The number of carbonyl (C=O) groups excluding carboxylic acids is 1. The minimum Gasteiger partial charge on any atom is -0.488 e. The molecule has 4 rings (SSSR count). The Balaban J connectivity index is 1.46. The number of carbonyl (C=O) groups is 2. The fraction of sp³-hybridized carbons (Fsp3) is 0.276. The van der Waals surface area contributed by atoms with Crippen molar-refractivity contribution in [3.8, 4) is 22.6 Å². The van der Waals surface area contributed by atoms with Crippen molar-refractivity contribution in [2.75, 3.05) is 5.32 Å². The quantitative estimate of drug-likeness (QED) is 0.355. The van der Waals surface area contributed by atoms with E-state index in [2.05, 4.69) is 10.3 Å². The van der Waals surface area contributed by atoms with Gasteiger partial charge in [-0.15, -0.1) is 0 Å². The van der Waals surface area contributed by atoms with Crippen molar-refractivity contribution in [1.82, 2.24) is 9.88 Å². The van der Waals surface area contributed by atoms with E-state index >= 15 is 0 Å². The average molecular weight is 502 g/mol. The minimum atomic E-state index is -0.966. The van der Waals surface area contributed by atoms with E-state index < -0.39 is 11.6 Å². The molecule has 0 aliphatic carbocycles. The smallest absolute Gasteiger partial charge is 0.408 e. The van der Waals surface area contributed by atoms with Gasteiger partial charge in [-0.25, -0.2) is 9.78 Å². The molecule has 3 aromatic rings. The molecule has 1 aliphatic rings. The van der Waals surface area contributed by atoms with E-state index in [1.165, 1.54) is 11.8 Å². The van der Waals surface area contributed by atoms with Gasteiger partial charge in [0.05, 0.1) is 6.26 Å². The summed E-state index contributed by atoms with van der Waals surface area (Å²) in [5.74, 6) is 1.59. The molecule has 0 bridgehead atoms. The molecule has 37 heavy (non-hydrogen) atoms. The first-order valence-corrected chi connectivity index (χ1v) is 12.0. The van der Waals surface area contributed by atoms with Gasteiger partial charge < -0.3 is 19.9 Å². The van der Waals surface area contributed by atoms with Crippen LogP contribution in [-0.4, -0.2) is 32.5 Å². The molecule has 2 amide bonds. The van der Waals surface area contributed by atoms with Gasteiger partial charge in [-0.1, -0.05) is 30.3 Å². The SMILES string of the molecule is CC(=O)Nc1cc2c(cn1)COc1cc(OC=C(C)CC(C)(C)N(Cc3ccccc3)C(=O)O)ccc1-2. The van der Waals surface area contributed by atoms with Gasteiger partial charge in [-0.3, -0.25) is 9.69 Å². The highest BCUT2D eigenvalue weighted by Crippen LogP contribution is 2.40. The number of anilines is 1. The number of amides is 2. The zero-order chi connectivity index (χ0) is 26.6. The van der Waals surface area contributed by atoms with E-state index in [1.807, 2.05) is 75.4 Å². The number of hydrogen-bond donors (Lipinski definition) is 2. The minimum absolute atomic E-state index is 0.180. The number of carboxylic acid groups (broad SMARTS) is 1. The van der Waals surface area contributed by atoms with Gasteiger partial charge in [-0.05, 0) is 62.1 Å². The molecule has 0 saturated carbocycles. The van der Waals surface area contributed by atoms with Crippen LogP contribution in [0.3, 0.4) is 0 Å². The first kappa shape index (κ1) is 25.8. The van der Waals surface area contributed by atoms with Crippen LogP contribution < -0.4 is 14.8 Å². The summed E-state index contributed by atoms with van der Waals surface area (Å²) in [5.41, 5.74) is 3.97. The number of benzene rings is 2. The van der Waals surface area contributed by atoms with Crippen molar-refractivity contribution >= 4 is 17.8 Å². The third kappa shape index (κ3) is 6.27. The fourth-order valence-electron chi connectivity index (χ4n) is 4.47. The van der Waals surface area contributed by atoms with Gasteiger partial charge in [0.25, 0.3) is 0 Å². The van der Waals surface area contributed by atoms with Crippen LogP contribution in [-0.2, 0) is 17.9 Å². The Labute approximate surface area is 216 Å². The Hall–Kier alpha value is -4.33. The van der Waals surface area contributed by atoms with Gasteiger partial charge in [0.1, 0.15) is 23.9 Å². The normalized spacial score (nSPS) is 12.6. The maximum Gasteiger partial charge on any atom is 0.408 e. The maximum atomic E-state index is 12.0. The topological polar surface area (TPSA) is 101 Å². The lowest BCUT2D eigenvalue weighted by atomic mass is 9.93. The van der Waals surface area contributed by atoms with Crippen LogP contribution in [0.1, 0.15) is 45.2 Å². The third-order valence-corrected chi connectivity index (χ3v) is 6.17. The molecule has 0 spiro atoms. The Morgan fingerprint density at radius 2 is 1.89 bits per heavy atom. The summed E-state index contributed by atoms with van der Waals surface area (Å²) in [6.45, 7) is 7.87. The Bertz CT molecular complexity index is 1330. The number of hydrogen-bond acceptors (Lipinski definition) is 5. The van der Waals surface area contributed by atoms with Crippen LogP contribution in [0.5, 0.6) is 11.5 Å².